The van der Waals surface area contributed by atoms with Gasteiger partial charge in [-0.05, 0) is 19.3 Å². The van der Waals surface area contributed by atoms with E-state index in [4.69, 9.17) is 5.11 Å². The molecule has 0 aliphatic heterocycles. The van der Waals surface area contributed by atoms with E-state index in [9.17, 15) is 9.59 Å². The Hall–Kier alpha value is -1.92. The minimum Gasteiger partial charge on any atom is -0.481 e. The molecule has 2 atom stereocenters. The van der Waals surface area contributed by atoms with Gasteiger partial charge in [0.05, 0.1) is 5.92 Å². The Morgan fingerprint density at radius 2 is 2.21 bits per heavy atom. The Labute approximate surface area is 111 Å². The van der Waals surface area contributed by atoms with Gasteiger partial charge in [0.15, 0.2) is 0 Å². The van der Waals surface area contributed by atoms with Gasteiger partial charge in [0, 0.05) is 25.9 Å². The molecule has 1 aromatic rings. The monoisotopic (exact) mass is 266 g/mol. The van der Waals surface area contributed by atoms with Crippen molar-refractivity contribution in [2.45, 2.75) is 25.7 Å². The van der Waals surface area contributed by atoms with Crippen LogP contribution >= 0.6 is 0 Å². The van der Waals surface area contributed by atoms with E-state index in [1.807, 2.05) is 11.6 Å². The van der Waals surface area contributed by atoms with Crippen LogP contribution in [0.2, 0.25) is 0 Å². The quantitative estimate of drug-likeness (QED) is 0.780. The highest BCUT2D eigenvalue weighted by atomic mass is 16.4. The zero-order valence-corrected chi connectivity index (χ0v) is 10.9. The van der Waals surface area contributed by atoms with Gasteiger partial charge in [-0.3, -0.25) is 9.59 Å². The Kier molecular flexibility index (Phi) is 4.13. The van der Waals surface area contributed by atoms with Gasteiger partial charge in [-0.2, -0.15) is 0 Å². The average Bonchev–Trinajstić information content (AvgIpc) is 2.98. The van der Waals surface area contributed by atoms with E-state index in [1.165, 1.54) is 0 Å². The summed E-state index contributed by atoms with van der Waals surface area (Å²) in [6.45, 7) is 0.500. The lowest BCUT2D eigenvalue weighted by molar-refractivity contribution is -0.141. The van der Waals surface area contributed by atoms with Crippen LogP contribution in [-0.2, 0) is 23.1 Å². The Morgan fingerprint density at radius 3 is 2.79 bits per heavy atom. The molecule has 2 rings (SSSR count). The van der Waals surface area contributed by atoms with Crippen LogP contribution in [0.25, 0.3) is 0 Å². The topological polar surface area (TPSA) is 97.1 Å². The number of carbonyl (C=O) groups is 2. The predicted molar refractivity (Wildman–Crippen MR) is 66.2 cm³/mol. The van der Waals surface area contributed by atoms with E-state index in [2.05, 4.69) is 15.5 Å². The maximum absolute atomic E-state index is 11.9. The molecular formula is C12H18N4O3. The van der Waals surface area contributed by atoms with Crippen LogP contribution in [0.1, 0.15) is 25.1 Å². The smallest absolute Gasteiger partial charge is 0.306 e. The second-order valence-electron chi connectivity index (χ2n) is 4.94. The molecule has 1 heterocycles. The van der Waals surface area contributed by atoms with E-state index >= 15 is 0 Å². The normalized spacial score (nSPS) is 22.4. The maximum Gasteiger partial charge on any atom is 0.306 e. The first-order valence-electron chi connectivity index (χ1n) is 6.41. The van der Waals surface area contributed by atoms with Gasteiger partial charge in [0.1, 0.15) is 12.2 Å². The van der Waals surface area contributed by atoms with E-state index in [0.717, 1.165) is 5.82 Å². The molecule has 1 saturated carbocycles. The Morgan fingerprint density at radius 1 is 1.47 bits per heavy atom. The lowest BCUT2D eigenvalue weighted by Crippen LogP contribution is -2.31. The lowest BCUT2D eigenvalue weighted by Gasteiger charge is -2.10. The fraction of sp³-hybridized carbons (Fsp3) is 0.667. The first-order chi connectivity index (χ1) is 9.08. The average molecular weight is 266 g/mol. The molecule has 2 N–H and O–H groups in total. The summed E-state index contributed by atoms with van der Waals surface area (Å²) in [5, 5.41) is 19.4. The molecular weight excluding hydrogens is 248 g/mol. The predicted octanol–water partition coefficient (Wildman–Crippen LogP) is -0.0253. The van der Waals surface area contributed by atoms with Crippen molar-refractivity contribution >= 4 is 11.9 Å². The van der Waals surface area contributed by atoms with Crippen molar-refractivity contribution in [3.63, 3.8) is 0 Å². The molecule has 1 aliphatic rings. The zero-order chi connectivity index (χ0) is 13.8. The first kappa shape index (κ1) is 13.5. The van der Waals surface area contributed by atoms with Crippen LogP contribution in [-0.4, -0.2) is 38.3 Å². The summed E-state index contributed by atoms with van der Waals surface area (Å²) >= 11 is 0. The number of aromatic nitrogens is 3. The summed E-state index contributed by atoms with van der Waals surface area (Å²) in [6.07, 6.45) is 3.94. The number of amides is 1. The molecule has 1 aliphatic carbocycles. The highest BCUT2D eigenvalue weighted by Crippen LogP contribution is 2.30. The van der Waals surface area contributed by atoms with Crippen molar-refractivity contribution in [3.05, 3.63) is 12.2 Å². The van der Waals surface area contributed by atoms with Crippen molar-refractivity contribution < 1.29 is 14.7 Å². The van der Waals surface area contributed by atoms with Gasteiger partial charge >= 0.3 is 5.97 Å². The van der Waals surface area contributed by atoms with E-state index in [1.54, 1.807) is 6.33 Å². The second kappa shape index (κ2) is 5.81. The number of aryl methyl sites for hydroxylation is 1. The Bertz CT molecular complexity index is 471. The van der Waals surface area contributed by atoms with Gasteiger partial charge < -0.3 is 15.0 Å². The largest absolute Gasteiger partial charge is 0.481 e. The van der Waals surface area contributed by atoms with E-state index < -0.39 is 5.97 Å². The fourth-order valence-corrected chi connectivity index (χ4v) is 2.42. The standard InChI is InChI=1S/C12H18N4O3/c1-16-7-14-15-10(16)4-5-13-11(17)8-2-3-9(6-8)12(18)19/h7-9H,2-6H2,1H3,(H,13,17)(H,18,19)/t8-,9+/m1/s1. The number of carboxylic acids is 1. The van der Waals surface area contributed by atoms with Crippen molar-refractivity contribution in [1.82, 2.24) is 20.1 Å². The third kappa shape index (κ3) is 3.30. The molecule has 1 fully saturated rings. The summed E-state index contributed by atoms with van der Waals surface area (Å²) in [5.41, 5.74) is 0. The minimum absolute atomic E-state index is 0.0501. The second-order valence-corrected chi connectivity index (χ2v) is 4.94. The van der Waals surface area contributed by atoms with Crippen molar-refractivity contribution in [2.75, 3.05) is 6.54 Å². The first-order valence-corrected chi connectivity index (χ1v) is 6.41. The molecule has 1 aromatic heterocycles. The van der Waals surface area contributed by atoms with Crippen LogP contribution in [0.15, 0.2) is 6.33 Å². The summed E-state index contributed by atoms with van der Waals surface area (Å²) < 4.78 is 1.81. The Balaban J connectivity index is 1.73. The van der Waals surface area contributed by atoms with Crippen LogP contribution in [0.4, 0.5) is 0 Å². The number of nitrogens with zero attached hydrogens (tertiary/aromatic N) is 3. The minimum atomic E-state index is -0.797. The summed E-state index contributed by atoms with van der Waals surface area (Å²) in [6, 6.07) is 0. The van der Waals surface area contributed by atoms with Crippen molar-refractivity contribution in [1.29, 1.82) is 0 Å². The molecule has 7 heteroatoms. The molecule has 0 unspecified atom stereocenters. The van der Waals surface area contributed by atoms with E-state index in [0.29, 0.717) is 32.2 Å². The number of nitrogens with one attached hydrogen (secondary N) is 1. The van der Waals surface area contributed by atoms with Gasteiger partial charge in [-0.1, -0.05) is 0 Å². The van der Waals surface area contributed by atoms with Crippen LogP contribution in [0, 0.1) is 11.8 Å². The number of carbonyl (C=O) groups excluding carboxylic acids is 1. The summed E-state index contributed by atoms with van der Waals surface area (Å²) in [5.74, 6) is -0.564. The van der Waals surface area contributed by atoms with Crippen LogP contribution in [0.3, 0.4) is 0 Å². The molecule has 0 radical (unpaired) electrons. The number of rotatable bonds is 5. The van der Waals surface area contributed by atoms with Crippen LogP contribution in [0.5, 0.6) is 0 Å². The molecule has 7 nitrogen and oxygen atoms in total. The lowest BCUT2D eigenvalue weighted by atomic mass is 10.0. The highest BCUT2D eigenvalue weighted by molar-refractivity contribution is 5.80. The SMILES string of the molecule is Cn1cnnc1CCNC(=O)[C@@H]1CC[C@H](C(=O)O)C1. The van der Waals surface area contributed by atoms with Gasteiger partial charge in [0.25, 0.3) is 0 Å². The molecule has 0 spiro atoms. The van der Waals surface area contributed by atoms with E-state index in [-0.39, 0.29) is 17.7 Å². The third-order valence-electron chi connectivity index (χ3n) is 3.61. The number of hydrogen-bond donors (Lipinski definition) is 2. The van der Waals surface area contributed by atoms with Crippen molar-refractivity contribution in [3.8, 4) is 0 Å². The molecule has 0 bridgehead atoms. The molecule has 0 aromatic carbocycles. The zero-order valence-electron chi connectivity index (χ0n) is 10.9. The number of aliphatic carboxylic acids is 1. The molecule has 0 saturated heterocycles. The highest BCUT2D eigenvalue weighted by Gasteiger charge is 2.33. The summed E-state index contributed by atoms with van der Waals surface area (Å²) in [4.78, 5) is 22.7. The third-order valence-corrected chi connectivity index (χ3v) is 3.61. The molecule has 1 amide bonds. The number of carboxylic acid groups (broad SMARTS) is 1. The fourth-order valence-electron chi connectivity index (χ4n) is 2.42. The number of hydrogen-bond acceptors (Lipinski definition) is 4. The van der Waals surface area contributed by atoms with Crippen LogP contribution < -0.4 is 5.32 Å². The summed E-state index contributed by atoms with van der Waals surface area (Å²) in [7, 11) is 1.85. The van der Waals surface area contributed by atoms with Gasteiger partial charge in [-0.15, -0.1) is 10.2 Å². The maximum atomic E-state index is 11.9. The molecule has 104 valence electrons. The van der Waals surface area contributed by atoms with Gasteiger partial charge in [0.2, 0.25) is 5.91 Å². The molecule has 19 heavy (non-hydrogen) atoms. The van der Waals surface area contributed by atoms with Gasteiger partial charge in [-0.25, -0.2) is 0 Å². The van der Waals surface area contributed by atoms with Crippen molar-refractivity contribution in [2.24, 2.45) is 18.9 Å².